The fourth-order valence-corrected chi connectivity index (χ4v) is 2.96. The average molecular weight is 369 g/mol. The van der Waals surface area contributed by atoms with Crippen LogP contribution in [-0.2, 0) is 5.75 Å². The molecule has 0 heterocycles. The Balaban J connectivity index is 1.80. The normalized spacial score (nSPS) is 10.4. The van der Waals surface area contributed by atoms with E-state index in [2.05, 4.69) is 5.32 Å². The largest absolute Gasteiger partial charge is 0.351 e. The van der Waals surface area contributed by atoms with E-state index in [0.717, 1.165) is 6.07 Å². The summed E-state index contributed by atoms with van der Waals surface area (Å²) in [5, 5.41) is 13.5. The molecule has 0 bridgehead atoms. The summed E-state index contributed by atoms with van der Waals surface area (Å²) < 4.78 is 13.4. The fourth-order valence-electron chi connectivity index (χ4n) is 1.93. The number of thioether (sulfide) groups is 1. The molecule has 0 atom stereocenters. The van der Waals surface area contributed by atoms with E-state index in [1.165, 1.54) is 30.0 Å². The topological polar surface area (TPSA) is 72.2 Å². The standard InChI is InChI=1S/C16H14ClFN2O3S/c17-13-6-5-11(9-15(13)20(22)23)16(21)19-7-8-24-10-12-3-1-2-4-14(12)18/h1-6,9H,7-8,10H2,(H,19,21). The maximum Gasteiger partial charge on any atom is 0.288 e. The van der Waals surface area contributed by atoms with Gasteiger partial charge in [-0.3, -0.25) is 14.9 Å². The molecular weight excluding hydrogens is 355 g/mol. The van der Waals surface area contributed by atoms with Gasteiger partial charge in [-0.1, -0.05) is 29.8 Å². The SMILES string of the molecule is O=C(NCCSCc1ccccc1F)c1ccc(Cl)c([N+](=O)[O-])c1. The molecule has 0 fully saturated rings. The second-order valence-electron chi connectivity index (χ2n) is 4.82. The van der Waals surface area contributed by atoms with Crippen LogP contribution in [0, 0.1) is 15.9 Å². The minimum Gasteiger partial charge on any atom is -0.351 e. The van der Waals surface area contributed by atoms with Crippen LogP contribution in [0.3, 0.4) is 0 Å². The van der Waals surface area contributed by atoms with Gasteiger partial charge in [0.25, 0.3) is 11.6 Å². The van der Waals surface area contributed by atoms with Crippen molar-refractivity contribution < 1.29 is 14.1 Å². The summed E-state index contributed by atoms with van der Waals surface area (Å²) >= 11 is 7.19. The highest BCUT2D eigenvalue weighted by atomic mass is 35.5. The maximum atomic E-state index is 13.4. The summed E-state index contributed by atoms with van der Waals surface area (Å²) in [6, 6.07) is 10.4. The molecule has 0 aliphatic carbocycles. The number of rotatable bonds is 7. The van der Waals surface area contributed by atoms with E-state index in [4.69, 9.17) is 11.6 Å². The molecule has 126 valence electrons. The lowest BCUT2D eigenvalue weighted by molar-refractivity contribution is -0.384. The summed E-state index contributed by atoms with van der Waals surface area (Å²) in [5.41, 5.74) is 0.477. The zero-order valence-corrected chi connectivity index (χ0v) is 14.1. The van der Waals surface area contributed by atoms with Crippen molar-refractivity contribution in [2.45, 2.75) is 5.75 Å². The van der Waals surface area contributed by atoms with Crippen LogP contribution in [-0.4, -0.2) is 23.1 Å². The number of amides is 1. The lowest BCUT2D eigenvalue weighted by Gasteiger charge is -2.06. The van der Waals surface area contributed by atoms with Gasteiger partial charge in [-0.05, 0) is 23.8 Å². The Labute approximate surface area is 147 Å². The molecule has 2 rings (SSSR count). The molecule has 1 amide bonds. The van der Waals surface area contributed by atoms with Crippen LogP contribution in [0.2, 0.25) is 5.02 Å². The van der Waals surface area contributed by atoms with Crippen LogP contribution in [0.5, 0.6) is 0 Å². The van der Waals surface area contributed by atoms with Gasteiger partial charge >= 0.3 is 0 Å². The molecule has 0 aliphatic rings. The van der Waals surface area contributed by atoms with E-state index in [0.29, 0.717) is 23.6 Å². The molecule has 0 spiro atoms. The first-order valence-electron chi connectivity index (χ1n) is 7.02. The van der Waals surface area contributed by atoms with Gasteiger partial charge in [0, 0.05) is 29.7 Å². The van der Waals surface area contributed by atoms with Crippen molar-refractivity contribution in [2.75, 3.05) is 12.3 Å². The zero-order chi connectivity index (χ0) is 17.5. The number of carbonyl (C=O) groups excluding carboxylic acids is 1. The Bertz CT molecular complexity index is 758. The third-order valence-corrected chi connectivity index (χ3v) is 4.48. The van der Waals surface area contributed by atoms with Crippen LogP contribution in [0.25, 0.3) is 0 Å². The lowest BCUT2D eigenvalue weighted by atomic mass is 10.2. The van der Waals surface area contributed by atoms with Crippen molar-refractivity contribution in [3.05, 3.63) is 74.5 Å². The molecule has 5 nitrogen and oxygen atoms in total. The summed E-state index contributed by atoms with van der Waals surface area (Å²) in [6.07, 6.45) is 0. The van der Waals surface area contributed by atoms with Gasteiger partial charge in [0.1, 0.15) is 10.8 Å². The van der Waals surface area contributed by atoms with Crippen LogP contribution in [0.4, 0.5) is 10.1 Å². The van der Waals surface area contributed by atoms with E-state index < -0.39 is 10.8 Å². The highest BCUT2D eigenvalue weighted by Gasteiger charge is 2.15. The van der Waals surface area contributed by atoms with Crippen molar-refractivity contribution in [3.8, 4) is 0 Å². The predicted molar refractivity (Wildman–Crippen MR) is 93.0 cm³/mol. The van der Waals surface area contributed by atoms with E-state index in [1.807, 2.05) is 0 Å². The summed E-state index contributed by atoms with van der Waals surface area (Å²) in [6.45, 7) is 0.369. The number of nitro benzene ring substituents is 1. The Morgan fingerprint density at radius 2 is 2.04 bits per heavy atom. The Hall–Kier alpha value is -2.12. The van der Waals surface area contributed by atoms with Gasteiger partial charge < -0.3 is 5.32 Å². The maximum absolute atomic E-state index is 13.4. The van der Waals surface area contributed by atoms with Gasteiger partial charge in [-0.2, -0.15) is 11.8 Å². The number of hydrogen-bond donors (Lipinski definition) is 1. The van der Waals surface area contributed by atoms with Crippen LogP contribution in [0.1, 0.15) is 15.9 Å². The molecule has 0 saturated heterocycles. The Morgan fingerprint density at radius 1 is 1.29 bits per heavy atom. The zero-order valence-electron chi connectivity index (χ0n) is 12.5. The molecule has 0 aromatic heterocycles. The highest BCUT2D eigenvalue weighted by molar-refractivity contribution is 7.98. The third kappa shape index (κ3) is 4.94. The van der Waals surface area contributed by atoms with Gasteiger partial charge in [0.2, 0.25) is 0 Å². The van der Waals surface area contributed by atoms with Gasteiger partial charge in [-0.25, -0.2) is 4.39 Å². The van der Waals surface area contributed by atoms with Crippen molar-refractivity contribution >= 4 is 35.0 Å². The summed E-state index contributed by atoms with van der Waals surface area (Å²) in [7, 11) is 0. The molecule has 0 unspecified atom stereocenters. The third-order valence-electron chi connectivity index (χ3n) is 3.15. The van der Waals surface area contributed by atoms with Crippen molar-refractivity contribution in [1.29, 1.82) is 0 Å². The van der Waals surface area contributed by atoms with E-state index in [-0.39, 0.29) is 22.1 Å². The monoisotopic (exact) mass is 368 g/mol. The van der Waals surface area contributed by atoms with Crippen LogP contribution in [0.15, 0.2) is 42.5 Å². The first-order chi connectivity index (χ1) is 11.5. The van der Waals surface area contributed by atoms with Gasteiger partial charge in [0.05, 0.1) is 4.92 Å². The fraction of sp³-hybridized carbons (Fsp3) is 0.188. The number of nitro groups is 1. The van der Waals surface area contributed by atoms with Crippen LogP contribution >= 0.6 is 23.4 Å². The molecule has 0 aliphatic heterocycles. The highest BCUT2D eigenvalue weighted by Crippen LogP contribution is 2.25. The van der Waals surface area contributed by atoms with Crippen molar-refractivity contribution in [1.82, 2.24) is 5.32 Å². The number of benzene rings is 2. The first kappa shape index (κ1) is 18.2. The quantitative estimate of drug-likeness (QED) is 0.454. The van der Waals surface area contributed by atoms with E-state index in [9.17, 15) is 19.3 Å². The molecule has 8 heteroatoms. The second-order valence-corrected chi connectivity index (χ2v) is 6.34. The number of nitrogens with one attached hydrogen (secondary N) is 1. The number of hydrogen-bond acceptors (Lipinski definition) is 4. The van der Waals surface area contributed by atoms with Gasteiger partial charge in [-0.15, -0.1) is 0 Å². The Kier molecular flexibility index (Phi) is 6.57. The second kappa shape index (κ2) is 8.65. The number of carbonyl (C=O) groups is 1. The minimum absolute atomic E-state index is 0.0167. The predicted octanol–water partition coefficient (Wildman–Crippen LogP) is 4.05. The first-order valence-corrected chi connectivity index (χ1v) is 8.55. The number of halogens is 2. The molecule has 2 aromatic rings. The lowest BCUT2D eigenvalue weighted by Crippen LogP contribution is -2.25. The van der Waals surface area contributed by atoms with Crippen molar-refractivity contribution in [3.63, 3.8) is 0 Å². The molecular formula is C16H14ClFN2O3S. The summed E-state index contributed by atoms with van der Waals surface area (Å²) in [5.74, 6) is 0.439. The molecule has 24 heavy (non-hydrogen) atoms. The average Bonchev–Trinajstić information content (AvgIpc) is 2.56. The van der Waals surface area contributed by atoms with E-state index >= 15 is 0 Å². The van der Waals surface area contributed by atoms with Crippen molar-refractivity contribution in [2.24, 2.45) is 0 Å². The molecule has 0 saturated carbocycles. The number of nitrogens with zero attached hydrogens (tertiary/aromatic N) is 1. The van der Waals surface area contributed by atoms with E-state index in [1.54, 1.807) is 18.2 Å². The minimum atomic E-state index is -0.636. The molecule has 2 aromatic carbocycles. The van der Waals surface area contributed by atoms with Gasteiger partial charge in [0.15, 0.2) is 0 Å². The van der Waals surface area contributed by atoms with Crippen LogP contribution < -0.4 is 5.32 Å². The molecule has 1 N–H and O–H groups in total. The Morgan fingerprint density at radius 3 is 2.75 bits per heavy atom. The molecule has 0 radical (unpaired) electrons. The summed E-state index contributed by atoms with van der Waals surface area (Å²) in [4.78, 5) is 22.1. The smallest absolute Gasteiger partial charge is 0.288 e.